The molecule has 1 aliphatic rings. The standard InChI is InChI=1S/C18H28ClN3O/c1-5-6-7-16(17(23)21-20)22-15-9-8-13(19)10-14(15)12(2)11-18(22,3)4/h8-10,12,16H,5-7,11,20H2,1-4H3,(H,21,23). The Morgan fingerprint density at radius 3 is 2.83 bits per heavy atom. The van der Waals surface area contributed by atoms with Crippen molar-refractivity contribution in [1.82, 2.24) is 5.43 Å². The van der Waals surface area contributed by atoms with Crippen molar-refractivity contribution in [3.63, 3.8) is 0 Å². The van der Waals surface area contributed by atoms with Crippen LogP contribution >= 0.6 is 11.6 Å². The minimum absolute atomic E-state index is 0.120. The smallest absolute Gasteiger partial charge is 0.256 e. The molecule has 0 radical (unpaired) electrons. The number of nitrogens with zero attached hydrogens (tertiary/aromatic N) is 1. The van der Waals surface area contributed by atoms with Gasteiger partial charge in [0.15, 0.2) is 0 Å². The second kappa shape index (κ2) is 7.10. The number of anilines is 1. The number of hydrazine groups is 1. The van der Waals surface area contributed by atoms with Gasteiger partial charge in [-0.25, -0.2) is 5.84 Å². The first-order valence-corrected chi connectivity index (χ1v) is 8.79. The van der Waals surface area contributed by atoms with Crippen molar-refractivity contribution in [1.29, 1.82) is 0 Å². The van der Waals surface area contributed by atoms with Crippen LogP contribution in [0.1, 0.15) is 64.9 Å². The van der Waals surface area contributed by atoms with Gasteiger partial charge >= 0.3 is 0 Å². The molecule has 23 heavy (non-hydrogen) atoms. The van der Waals surface area contributed by atoms with Crippen molar-refractivity contribution in [2.75, 3.05) is 4.90 Å². The van der Waals surface area contributed by atoms with Crippen molar-refractivity contribution >= 4 is 23.2 Å². The molecule has 0 aliphatic carbocycles. The van der Waals surface area contributed by atoms with E-state index in [2.05, 4.69) is 38.0 Å². The summed E-state index contributed by atoms with van der Waals surface area (Å²) in [5.41, 5.74) is 4.55. The highest BCUT2D eigenvalue weighted by atomic mass is 35.5. The Bertz CT molecular complexity index is 573. The van der Waals surface area contributed by atoms with Gasteiger partial charge in [-0.1, -0.05) is 38.3 Å². The average Bonchev–Trinajstić information content (AvgIpc) is 2.49. The minimum atomic E-state index is -0.262. The molecule has 128 valence electrons. The Balaban J connectivity index is 2.52. The molecule has 3 N–H and O–H groups in total. The van der Waals surface area contributed by atoms with Crippen molar-refractivity contribution < 1.29 is 4.79 Å². The topological polar surface area (TPSA) is 58.4 Å². The molecule has 0 aromatic heterocycles. The van der Waals surface area contributed by atoms with E-state index in [1.807, 2.05) is 18.2 Å². The van der Waals surface area contributed by atoms with E-state index in [9.17, 15) is 4.79 Å². The fourth-order valence-corrected chi connectivity index (χ4v) is 4.06. The van der Waals surface area contributed by atoms with Crippen LogP contribution in [0, 0.1) is 0 Å². The van der Waals surface area contributed by atoms with Gasteiger partial charge in [0.25, 0.3) is 5.91 Å². The highest BCUT2D eigenvalue weighted by molar-refractivity contribution is 6.30. The molecular weight excluding hydrogens is 310 g/mol. The van der Waals surface area contributed by atoms with Gasteiger partial charge in [-0.2, -0.15) is 0 Å². The molecule has 0 bridgehead atoms. The number of benzene rings is 1. The molecule has 0 saturated carbocycles. The Labute approximate surface area is 144 Å². The van der Waals surface area contributed by atoms with Crippen LogP contribution in [0.3, 0.4) is 0 Å². The summed E-state index contributed by atoms with van der Waals surface area (Å²) in [6.07, 6.45) is 3.80. The predicted octanol–water partition coefficient (Wildman–Crippen LogP) is 3.98. The fourth-order valence-electron chi connectivity index (χ4n) is 3.88. The molecule has 0 spiro atoms. The molecular formula is C18H28ClN3O. The van der Waals surface area contributed by atoms with Gasteiger partial charge in [0.1, 0.15) is 6.04 Å². The Hall–Kier alpha value is -1.26. The van der Waals surface area contributed by atoms with Crippen LogP contribution in [0.2, 0.25) is 5.02 Å². The van der Waals surface area contributed by atoms with E-state index in [1.165, 1.54) is 5.56 Å². The van der Waals surface area contributed by atoms with Crippen LogP contribution < -0.4 is 16.2 Å². The minimum Gasteiger partial charge on any atom is -0.354 e. The zero-order valence-electron chi connectivity index (χ0n) is 14.5. The van der Waals surface area contributed by atoms with E-state index >= 15 is 0 Å². The van der Waals surface area contributed by atoms with Gasteiger partial charge in [0.05, 0.1) is 0 Å². The molecule has 1 aromatic rings. The van der Waals surface area contributed by atoms with Crippen LogP contribution in [0.25, 0.3) is 0 Å². The average molecular weight is 338 g/mol. The van der Waals surface area contributed by atoms with Crippen molar-refractivity contribution in [3.05, 3.63) is 28.8 Å². The van der Waals surface area contributed by atoms with Crippen molar-refractivity contribution in [3.8, 4) is 0 Å². The molecule has 2 unspecified atom stereocenters. The highest BCUT2D eigenvalue weighted by Gasteiger charge is 2.42. The maximum absolute atomic E-state index is 12.5. The van der Waals surface area contributed by atoms with E-state index in [1.54, 1.807) is 0 Å². The number of amides is 1. The third-order valence-electron chi connectivity index (χ3n) is 4.83. The Morgan fingerprint density at radius 2 is 2.22 bits per heavy atom. The zero-order valence-corrected chi connectivity index (χ0v) is 15.3. The van der Waals surface area contributed by atoms with Gasteiger partial charge in [-0.15, -0.1) is 0 Å². The first-order valence-electron chi connectivity index (χ1n) is 8.41. The number of fused-ring (bicyclic) bond motifs is 1. The second-order valence-electron chi connectivity index (χ2n) is 7.16. The molecule has 2 atom stereocenters. The highest BCUT2D eigenvalue weighted by Crippen LogP contribution is 2.45. The van der Waals surface area contributed by atoms with E-state index in [4.69, 9.17) is 17.4 Å². The van der Waals surface area contributed by atoms with Crippen molar-refractivity contribution in [2.24, 2.45) is 5.84 Å². The molecule has 4 nitrogen and oxygen atoms in total. The summed E-state index contributed by atoms with van der Waals surface area (Å²) in [6, 6.07) is 5.71. The first kappa shape index (κ1) is 18.1. The molecule has 1 aromatic carbocycles. The van der Waals surface area contributed by atoms with Gasteiger partial charge in [0.2, 0.25) is 0 Å². The monoisotopic (exact) mass is 337 g/mol. The maximum atomic E-state index is 12.5. The molecule has 1 heterocycles. The van der Waals surface area contributed by atoms with E-state index in [-0.39, 0.29) is 17.5 Å². The summed E-state index contributed by atoms with van der Waals surface area (Å²) in [7, 11) is 0. The summed E-state index contributed by atoms with van der Waals surface area (Å²) in [5, 5.41) is 0.739. The van der Waals surface area contributed by atoms with E-state index in [0.717, 1.165) is 36.4 Å². The normalized spacial score (nSPS) is 20.8. The van der Waals surface area contributed by atoms with Gasteiger partial charge in [-0.05, 0) is 56.4 Å². The third-order valence-corrected chi connectivity index (χ3v) is 5.06. The fraction of sp³-hybridized carbons (Fsp3) is 0.611. The molecule has 5 heteroatoms. The van der Waals surface area contributed by atoms with Gasteiger partial charge < -0.3 is 4.90 Å². The van der Waals surface area contributed by atoms with Gasteiger partial charge in [0, 0.05) is 16.2 Å². The van der Waals surface area contributed by atoms with Crippen LogP contribution in [-0.2, 0) is 4.79 Å². The van der Waals surface area contributed by atoms with Crippen LogP contribution in [0.15, 0.2) is 18.2 Å². The lowest BCUT2D eigenvalue weighted by molar-refractivity contribution is -0.123. The third kappa shape index (κ3) is 3.64. The lowest BCUT2D eigenvalue weighted by Gasteiger charge is -2.50. The van der Waals surface area contributed by atoms with Crippen LogP contribution in [0.5, 0.6) is 0 Å². The number of hydrogen-bond donors (Lipinski definition) is 2. The molecule has 1 aliphatic heterocycles. The summed E-state index contributed by atoms with van der Waals surface area (Å²) >= 11 is 6.20. The van der Waals surface area contributed by atoms with Crippen molar-refractivity contribution in [2.45, 2.75) is 70.9 Å². The first-order chi connectivity index (χ1) is 10.8. The maximum Gasteiger partial charge on any atom is 0.256 e. The number of rotatable bonds is 5. The zero-order chi connectivity index (χ0) is 17.2. The van der Waals surface area contributed by atoms with Gasteiger partial charge in [-0.3, -0.25) is 10.2 Å². The Morgan fingerprint density at radius 1 is 1.52 bits per heavy atom. The van der Waals surface area contributed by atoms with Crippen LogP contribution in [0.4, 0.5) is 5.69 Å². The number of nitrogens with one attached hydrogen (secondary N) is 1. The predicted molar refractivity (Wildman–Crippen MR) is 96.7 cm³/mol. The largest absolute Gasteiger partial charge is 0.354 e. The lowest BCUT2D eigenvalue weighted by atomic mass is 9.78. The number of carbonyl (C=O) groups excluding carboxylic acids is 1. The summed E-state index contributed by atoms with van der Waals surface area (Å²) in [6.45, 7) is 8.75. The number of carbonyl (C=O) groups is 1. The van der Waals surface area contributed by atoms with E-state index in [0.29, 0.717) is 5.92 Å². The number of halogens is 1. The summed E-state index contributed by atoms with van der Waals surface area (Å²) in [4.78, 5) is 14.7. The summed E-state index contributed by atoms with van der Waals surface area (Å²) in [5.74, 6) is 5.75. The summed E-state index contributed by atoms with van der Waals surface area (Å²) < 4.78 is 0. The molecule has 0 fully saturated rings. The molecule has 2 rings (SSSR count). The number of hydrogen-bond acceptors (Lipinski definition) is 3. The quantitative estimate of drug-likeness (QED) is 0.485. The lowest BCUT2D eigenvalue weighted by Crippen LogP contribution is -2.59. The van der Waals surface area contributed by atoms with Crippen LogP contribution in [-0.4, -0.2) is 17.5 Å². The SMILES string of the molecule is CCCCC(C(=O)NN)N1c2ccc(Cl)cc2C(C)CC1(C)C. The number of unbranched alkanes of at least 4 members (excludes halogenated alkanes) is 1. The number of nitrogens with two attached hydrogens (primary N) is 1. The second-order valence-corrected chi connectivity index (χ2v) is 7.59. The molecule has 1 amide bonds. The molecule has 0 saturated heterocycles. The Kier molecular flexibility index (Phi) is 5.58. The van der Waals surface area contributed by atoms with E-state index < -0.39 is 0 Å².